The molecule has 0 bridgehead atoms. The maximum absolute atomic E-state index is 13.0. The molecule has 2 fully saturated rings. The molecule has 3 aromatic rings. The van der Waals surface area contributed by atoms with Crippen LogP contribution in [0.25, 0.3) is 11.0 Å². The fraction of sp³-hybridized carbons (Fsp3) is 0.464. The van der Waals surface area contributed by atoms with E-state index in [1.54, 1.807) is 32.5 Å². The van der Waals surface area contributed by atoms with E-state index >= 15 is 0 Å². The summed E-state index contributed by atoms with van der Waals surface area (Å²) in [5.41, 5.74) is 3.13. The molecule has 0 saturated heterocycles. The van der Waals surface area contributed by atoms with Crippen LogP contribution in [0.15, 0.2) is 40.4 Å². The van der Waals surface area contributed by atoms with Gasteiger partial charge in [0.05, 0.1) is 30.2 Å². The number of rotatable bonds is 8. The van der Waals surface area contributed by atoms with Crippen LogP contribution in [0.1, 0.15) is 49.8 Å². The first kappa shape index (κ1) is 26.0. The maximum atomic E-state index is 13.0. The number of aromatic nitrogens is 3. The summed E-state index contributed by atoms with van der Waals surface area (Å²) >= 11 is 6.23. The summed E-state index contributed by atoms with van der Waals surface area (Å²) in [5, 5.41) is 14.8. The number of hydrogen-bond acceptors (Lipinski definition) is 8. The van der Waals surface area contributed by atoms with E-state index in [-0.39, 0.29) is 23.1 Å². The highest BCUT2D eigenvalue weighted by molar-refractivity contribution is 6.29. The van der Waals surface area contributed by atoms with Crippen molar-refractivity contribution in [3.8, 4) is 11.8 Å². The zero-order valence-electron chi connectivity index (χ0n) is 21.9. The fourth-order valence-corrected chi connectivity index (χ4v) is 5.36. The van der Waals surface area contributed by atoms with Crippen molar-refractivity contribution in [3.63, 3.8) is 0 Å². The summed E-state index contributed by atoms with van der Waals surface area (Å²) in [6.07, 6.45) is 7.53. The van der Waals surface area contributed by atoms with Crippen LogP contribution < -0.4 is 15.2 Å². The Morgan fingerprint density at radius 3 is 2.61 bits per heavy atom. The van der Waals surface area contributed by atoms with Crippen molar-refractivity contribution < 1.29 is 9.57 Å². The lowest BCUT2D eigenvalue weighted by atomic mass is 9.81. The first-order valence-corrected chi connectivity index (χ1v) is 13.3. The van der Waals surface area contributed by atoms with Crippen LogP contribution in [0.5, 0.6) is 5.75 Å². The molecule has 0 aliphatic heterocycles. The van der Waals surface area contributed by atoms with Crippen LogP contribution in [0, 0.1) is 23.2 Å². The highest BCUT2D eigenvalue weighted by Gasteiger charge is 2.32. The van der Waals surface area contributed by atoms with E-state index in [0.717, 1.165) is 37.1 Å². The van der Waals surface area contributed by atoms with Crippen molar-refractivity contribution in [2.24, 2.45) is 24.0 Å². The Kier molecular flexibility index (Phi) is 7.52. The zero-order valence-corrected chi connectivity index (χ0v) is 22.6. The van der Waals surface area contributed by atoms with Gasteiger partial charge in [-0.15, -0.1) is 0 Å². The van der Waals surface area contributed by atoms with E-state index in [1.165, 1.54) is 17.4 Å². The Hall–Kier alpha value is -3.64. The van der Waals surface area contributed by atoms with E-state index in [2.05, 4.69) is 21.2 Å². The first-order chi connectivity index (χ1) is 18.4. The molecule has 0 aromatic carbocycles. The summed E-state index contributed by atoms with van der Waals surface area (Å²) in [5.74, 6) is 1.49. The van der Waals surface area contributed by atoms with Gasteiger partial charge in [0, 0.05) is 26.1 Å². The summed E-state index contributed by atoms with van der Waals surface area (Å²) in [6, 6.07) is 9.48. The molecule has 198 valence electrons. The van der Waals surface area contributed by atoms with Gasteiger partial charge in [-0.3, -0.25) is 9.78 Å². The third-order valence-corrected chi connectivity index (χ3v) is 7.89. The number of aryl methyl sites for hydroxylation is 1. The summed E-state index contributed by atoms with van der Waals surface area (Å²) in [6.45, 7) is 0.639. The smallest absolute Gasteiger partial charge is 0.270 e. The van der Waals surface area contributed by atoms with Crippen LogP contribution in [-0.2, 0) is 11.9 Å². The largest absolute Gasteiger partial charge is 0.495 e. The highest BCUT2D eigenvalue weighted by Crippen LogP contribution is 2.36. The average Bonchev–Trinajstić information content (AvgIpc) is 3.77. The molecule has 2 saturated carbocycles. The maximum Gasteiger partial charge on any atom is 0.270 e. The highest BCUT2D eigenvalue weighted by atomic mass is 35.5. The molecule has 2 aliphatic carbocycles. The molecule has 0 N–H and O–H groups in total. The molecule has 0 radical (unpaired) electrons. The number of halogens is 1. The van der Waals surface area contributed by atoms with Gasteiger partial charge in [0.15, 0.2) is 0 Å². The number of ether oxygens (including phenoxy) is 1. The van der Waals surface area contributed by atoms with Crippen molar-refractivity contribution >= 4 is 34.0 Å². The van der Waals surface area contributed by atoms with Gasteiger partial charge in [-0.05, 0) is 68.7 Å². The summed E-state index contributed by atoms with van der Waals surface area (Å²) < 4.78 is 6.73. The van der Waals surface area contributed by atoms with Crippen LogP contribution in [0.2, 0.25) is 5.15 Å². The predicted octanol–water partition coefficient (Wildman–Crippen LogP) is 4.69. The van der Waals surface area contributed by atoms with E-state index in [9.17, 15) is 10.1 Å². The Morgan fingerprint density at radius 2 is 1.97 bits per heavy atom. The fourth-order valence-electron chi connectivity index (χ4n) is 5.21. The quantitative estimate of drug-likeness (QED) is 0.234. The van der Waals surface area contributed by atoms with Gasteiger partial charge in [0.1, 0.15) is 40.4 Å². The lowest BCUT2D eigenvalue weighted by Gasteiger charge is -2.36. The number of methoxy groups -OCH3 is 1. The van der Waals surface area contributed by atoms with Crippen molar-refractivity contribution in [1.29, 1.82) is 5.26 Å². The van der Waals surface area contributed by atoms with Gasteiger partial charge < -0.3 is 19.0 Å². The van der Waals surface area contributed by atoms with Gasteiger partial charge in [0.2, 0.25) is 0 Å². The Morgan fingerprint density at radius 1 is 1.21 bits per heavy atom. The number of hydrogen-bond donors (Lipinski definition) is 0. The van der Waals surface area contributed by atoms with Crippen LogP contribution in [-0.4, -0.2) is 47.1 Å². The second-order valence-electron chi connectivity index (χ2n) is 10.1. The standard InChI is InChI=1S/C28H31ClN6O3/c1-34(27-21(14-30)28(36)35(2)23-12-13-24(29)32-26(23)27)19-8-6-18(7-9-19)25(33-38-16-17-4-5-17)22-11-10-20(37-3)15-31-22/h10-13,15,17-19H,4-9,16H2,1-3H3/b33-25-. The molecular formula is C28H31ClN6O3. The first-order valence-electron chi connectivity index (χ1n) is 12.9. The molecular weight excluding hydrogens is 504 g/mol. The normalized spacial score (nSPS) is 19.7. The number of pyridine rings is 3. The van der Waals surface area contributed by atoms with Crippen molar-refractivity contribution in [1.82, 2.24) is 14.5 Å². The molecule has 0 spiro atoms. The SMILES string of the molecule is COc1ccc(/C(=N\OCC2CC2)C2CCC(N(C)c3c(C#N)c(=O)n(C)c4ccc(Cl)nc34)CC2)nc1. The van der Waals surface area contributed by atoms with Gasteiger partial charge >= 0.3 is 0 Å². The van der Waals surface area contributed by atoms with Gasteiger partial charge in [-0.1, -0.05) is 16.8 Å². The number of nitrogens with zero attached hydrogens (tertiary/aromatic N) is 6. The molecule has 2 aliphatic rings. The minimum Gasteiger partial charge on any atom is -0.495 e. The number of nitriles is 1. The van der Waals surface area contributed by atoms with E-state index < -0.39 is 0 Å². The Balaban J connectivity index is 1.40. The lowest BCUT2D eigenvalue weighted by Crippen LogP contribution is -2.39. The molecule has 0 amide bonds. The summed E-state index contributed by atoms with van der Waals surface area (Å²) in [4.78, 5) is 29.9. The second kappa shape index (κ2) is 11.0. The third kappa shape index (κ3) is 5.18. The molecule has 9 nitrogen and oxygen atoms in total. The third-order valence-electron chi connectivity index (χ3n) is 7.68. The van der Waals surface area contributed by atoms with Gasteiger partial charge in [-0.25, -0.2) is 4.98 Å². The van der Waals surface area contributed by atoms with Gasteiger partial charge in [0.25, 0.3) is 5.56 Å². The molecule has 0 unspecified atom stereocenters. The second-order valence-corrected chi connectivity index (χ2v) is 10.5. The van der Waals surface area contributed by atoms with Crippen LogP contribution >= 0.6 is 11.6 Å². The average molecular weight is 535 g/mol. The minimum absolute atomic E-state index is 0.0811. The van der Waals surface area contributed by atoms with Crippen molar-refractivity contribution in [2.75, 3.05) is 25.7 Å². The number of fused-ring (bicyclic) bond motifs is 1. The van der Waals surface area contributed by atoms with E-state index in [4.69, 9.17) is 21.2 Å². The monoisotopic (exact) mass is 534 g/mol. The summed E-state index contributed by atoms with van der Waals surface area (Å²) in [7, 11) is 5.20. The van der Waals surface area contributed by atoms with Crippen LogP contribution in [0.3, 0.4) is 0 Å². The number of anilines is 1. The minimum atomic E-state index is -0.340. The number of oxime groups is 1. The predicted molar refractivity (Wildman–Crippen MR) is 147 cm³/mol. The molecule has 10 heteroatoms. The van der Waals surface area contributed by atoms with Crippen LogP contribution in [0.4, 0.5) is 5.69 Å². The zero-order chi connectivity index (χ0) is 26.8. The van der Waals surface area contributed by atoms with Crippen molar-refractivity contribution in [2.45, 2.75) is 44.6 Å². The molecule has 5 rings (SSSR count). The molecule has 3 aromatic heterocycles. The van der Waals surface area contributed by atoms with Gasteiger partial charge in [-0.2, -0.15) is 5.26 Å². The topological polar surface area (TPSA) is 106 Å². The van der Waals surface area contributed by atoms with E-state index in [1.807, 2.05) is 24.1 Å². The molecule has 0 atom stereocenters. The Bertz CT molecular complexity index is 1450. The lowest BCUT2D eigenvalue weighted by molar-refractivity contribution is 0.131. The van der Waals surface area contributed by atoms with E-state index in [0.29, 0.717) is 40.1 Å². The molecule has 3 heterocycles. The van der Waals surface area contributed by atoms with Crippen molar-refractivity contribution in [3.05, 3.63) is 57.2 Å². The Labute approximate surface area is 226 Å². The molecule has 38 heavy (non-hydrogen) atoms.